The molecule has 0 atom stereocenters. The SMILES string of the molecule is CC(C)c1nc(-c2cc(Br)ccc2F)c(N)n1C1CC1. The second-order valence-corrected chi connectivity index (χ2v) is 6.50. The minimum absolute atomic E-state index is 0.266. The van der Waals surface area contributed by atoms with Gasteiger partial charge >= 0.3 is 0 Å². The quantitative estimate of drug-likeness (QED) is 0.896. The fraction of sp³-hybridized carbons (Fsp3) is 0.400. The van der Waals surface area contributed by atoms with E-state index >= 15 is 0 Å². The van der Waals surface area contributed by atoms with Crippen molar-refractivity contribution in [1.82, 2.24) is 9.55 Å². The summed E-state index contributed by atoms with van der Waals surface area (Å²) in [5, 5.41) is 0. The van der Waals surface area contributed by atoms with Crippen LogP contribution in [-0.4, -0.2) is 9.55 Å². The van der Waals surface area contributed by atoms with E-state index in [2.05, 4.69) is 39.3 Å². The molecule has 20 heavy (non-hydrogen) atoms. The summed E-state index contributed by atoms with van der Waals surface area (Å²) in [7, 11) is 0. The normalized spacial score (nSPS) is 15.1. The van der Waals surface area contributed by atoms with Crippen molar-refractivity contribution in [3.8, 4) is 11.3 Å². The monoisotopic (exact) mass is 337 g/mol. The van der Waals surface area contributed by atoms with E-state index in [0.717, 1.165) is 23.1 Å². The third-order valence-electron chi connectivity index (χ3n) is 3.59. The summed E-state index contributed by atoms with van der Waals surface area (Å²) in [5.41, 5.74) is 7.26. The molecule has 2 N–H and O–H groups in total. The van der Waals surface area contributed by atoms with Gasteiger partial charge in [0, 0.05) is 22.0 Å². The first-order chi connectivity index (χ1) is 9.49. The molecule has 1 aliphatic rings. The highest BCUT2D eigenvalue weighted by atomic mass is 79.9. The van der Waals surface area contributed by atoms with Gasteiger partial charge in [0.15, 0.2) is 0 Å². The van der Waals surface area contributed by atoms with E-state index in [1.165, 1.54) is 6.07 Å². The molecule has 1 heterocycles. The van der Waals surface area contributed by atoms with Crippen LogP contribution in [0, 0.1) is 5.82 Å². The lowest BCUT2D eigenvalue weighted by molar-refractivity contribution is 0.630. The van der Waals surface area contributed by atoms with E-state index in [-0.39, 0.29) is 11.7 Å². The number of hydrogen-bond donors (Lipinski definition) is 1. The van der Waals surface area contributed by atoms with E-state index < -0.39 is 0 Å². The molecule has 0 aliphatic heterocycles. The van der Waals surface area contributed by atoms with Crippen LogP contribution in [0.25, 0.3) is 11.3 Å². The van der Waals surface area contributed by atoms with Crippen molar-refractivity contribution in [1.29, 1.82) is 0 Å². The standard InChI is InChI=1S/C15H17BrFN3/c1-8(2)15-19-13(14(18)20(15)10-4-5-10)11-7-9(16)3-6-12(11)17/h3,6-8,10H,4-5,18H2,1-2H3. The van der Waals surface area contributed by atoms with Gasteiger partial charge in [-0.3, -0.25) is 0 Å². The van der Waals surface area contributed by atoms with Crippen LogP contribution < -0.4 is 5.73 Å². The minimum Gasteiger partial charge on any atom is -0.383 e. The van der Waals surface area contributed by atoms with Crippen LogP contribution in [0.2, 0.25) is 0 Å². The summed E-state index contributed by atoms with van der Waals surface area (Å²) in [6, 6.07) is 5.28. The Labute approximate surface area is 126 Å². The van der Waals surface area contributed by atoms with E-state index in [0.29, 0.717) is 23.1 Å². The lowest BCUT2D eigenvalue weighted by Gasteiger charge is -2.10. The van der Waals surface area contributed by atoms with Gasteiger partial charge in [-0.15, -0.1) is 0 Å². The molecule has 1 aromatic heterocycles. The minimum atomic E-state index is -0.296. The number of benzene rings is 1. The average molecular weight is 338 g/mol. The zero-order valence-corrected chi connectivity index (χ0v) is 13.1. The summed E-state index contributed by atoms with van der Waals surface area (Å²) in [6.07, 6.45) is 2.25. The first-order valence-corrected chi connectivity index (χ1v) is 7.61. The van der Waals surface area contributed by atoms with Gasteiger partial charge in [-0.25, -0.2) is 9.37 Å². The fourth-order valence-corrected chi connectivity index (χ4v) is 2.83. The van der Waals surface area contributed by atoms with Crippen LogP contribution in [0.1, 0.15) is 44.5 Å². The van der Waals surface area contributed by atoms with Crippen LogP contribution in [0.15, 0.2) is 22.7 Å². The Morgan fingerprint density at radius 3 is 2.70 bits per heavy atom. The molecule has 0 radical (unpaired) electrons. The molecule has 1 aliphatic carbocycles. The first kappa shape index (κ1) is 13.6. The zero-order valence-electron chi connectivity index (χ0n) is 11.5. The number of anilines is 1. The molecule has 0 bridgehead atoms. The second kappa shape index (κ2) is 4.88. The molecule has 3 rings (SSSR count). The highest BCUT2D eigenvalue weighted by Gasteiger charge is 2.31. The van der Waals surface area contributed by atoms with Gasteiger partial charge in [0.25, 0.3) is 0 Å². The average Bonchev–Trinajstić information content (AvgIpc) is 3.16. The molecule has 1 aromatic carbocycles. The van der Waals surface area contributed by atoms with Gasteiger partial charge in [0.2, 0.25) is 0 Å². The van der Waals surface area contributed by atoms with Crippen LogP contribution in [0.4, 0.5) is 10.2 Å². The van der Waals surface area contributed by atoms with E-state index in [4.69, 9.17) is 5.73 Å². The maximum atomic E-state index is 14.1. The van der Waals surface area contributed by atoms with Crippen molar-refractivity contribution in [2.24, 2.45) is 0 Å². The summed E-state index contributed by atoms with van der Waals surface area (Å²) in [4.78, 5) is 4.62. The smallest absolute Gasteiger partial charge is 0.132 e. The molecule has 1 saturated carbocycles. The fourth-order valence-electron chi connectivity index (χ4n) is 2.46. The lowest BCUT2D eigenvalue weighted by Crippen LogP contribution is -2.06. The van der Waals surface area contributed by atoms with Crippen molar-refractivity contribution < 1.29 is 4.39 Å². The molecule has 1 fully saturated rings. The molecule has 3 nitrogen and oxygen atoms in total. The van der Waals surface area contributed by atoms with Gasteiger partial charge in [-0.2, -0.15) is 0 Å². The molecule has 0 amide bonds. The Kier molecular flexibility index (Phi) is 3.32. The predicted molar refractivity (Wildman–Crippen MR) is 82.1 cm³/mol. The molecule has 0 unspecified atom stereocenters. The molecule has 5 heteroatoms. The van der Waals surface area contributed by atoms with Gasteiger partial charge in [-0.1, -0.05) is 29.8 Å². The number of nitrogens with zero attached hydrogens (tertiary/aromatic N) is 2. The maximum Gasteiger partial charge on any atom is 0.132 e. The van der Waals surface area contributed by atoms with E-state index in [1.807, 2.05) is 0 Å². The summed E-state index contributed by atoms with van der Waals surface area (Å²) in [6.45, 7) is 4.17. The summed E-state index contributed by atoms with van der Waals surface area (Å²) >= 11 is 3.37. The summed E-state index contributed by atoms with van der Waals surface area (Å²) in [5.74, 6) is 1.49. The Bertz CT molecular complexity index is 659. The summed E-state index contributed by atoms with van der Waals surface area (Å²) < 4.78 is 17.0. The maximum absolute atomic E-state index is 14.1. The Hall–Kier alpha value is -1.36. The van der Waals surface area contributed by atoms with Gasteiger partial charge < -0.3 is 10.3 Å². The van der Waals surface area contributed by atoms with Gasteiger partial charge in [0.1, 0.15) is 23.2 Å². The van der Waals surface area contributed by atoms with Gasteiger partial charge in [0.05, 0.1) is 0 Å². The third kappa shape index (κ3) is 2.24. The van der Waals surface area contributed by atoms with Crippen LogP contribution in [0.5, 0.6) is 0 Å². The molecular formula is C15H17BrFN3. The number of halogens is 2. The topological polar surface area (TPSA) is 43.8 Å². The highest BCUT2D eigenvalue weighted by molar-refractivity contribution is 9.10. The zero-order chi connectivity index (χ0) is 14.4. The van der Waals surface area contributed by atoms with Crippen LogP contribution in [0.3, 0.4) is 0 Å². The largest absolute Gasteiger partial charge is 0.383 e. The Balaban J connectivity index is 2.19. The number of nitrogens with two attached hydrogens (primary N) is 1. The Morgan fingerprint density at radius 1 is 1.40 bits per heavy atom. The number of nitrogen functional groups attached to an aromatic ring is 1. The van der Waals surface area contributed by atoms with E-state index in [1.54, 1.807) is 12.1 Å². The van der Waals surface area contributed by atoms with Crippen molar-refractivity contribution in [3.63, 3.8) is 0 Å². The molecule has 106 valence electrons. The van der Waals surface area contributed by atoms with Gasteiger partial charge in [-0.05, 0) is 31.0 Å². The number of aromatic nitrogens is 2. The number of rotatable bonds is 3. The van der Waals surface area contributed by atoms with Crippen molar-refractivity contribution in [2.75, 3.05) is 5.73 Å². The van der Waals surface area contributed by atoms with Crippen molar-refractivity contribution in [3.05, 3.63) is 34.3 Å². The first-order valence-electron chi connectivity index (χ1n) is 6.82. The number of imidazole rings is 1. The Morgan fingerprint density at radius 2 is 2.10 bits per heavy atom. The molecule has 0 saturated heterocycles. The van der Waals surface area contributed by atoms with Crippen molar-refractivity contribution >= 4 is 21.7 Å². The lowest BCUT2D eigenvalue weighted by atomic mass is 10.1. The molecule has 2 aromatic rings. The van der Waals surface area contributed by atoms with Crippen LogP contribution in [-0.2, 0) is 0 Å². The van der Waals surface area contributed by atoms with Crippen LogP contribution >= 0.6 is 15.9 Å². The third-order valence-corrected chi connectivity index (χ3v) is 4.08. The molecule has 0 spiro atoms. The highest BCUT2D eigenvalue weighted by Crippen LogP contribution is 2.43. The van der Waals surface area contributed by atoms with E-state index in [9.17, 15) is 4.39 Å². The second-order valence-electron chi connectivity index (χ2n) is 5.58. The number of hydrogen-bond acceptors (Lipinski definition) is 2. The van der Waals surface area contributed by atoms with Crippen molar-refractivity contribution in [2.45, 2.75) is 38.6 Å². The molecular weight excluding hydrogens is 321 g/mol. The predicted octanol–water partition coefficient (Wildman–Crippen LogP) is 4.49.